The van der Waals surface area contributed by atoms with Crippen molar-refractivity contribution in [3.8, 4) is 11.5 Å². The normalized spacial score (nSPS) is 14.4. The third kappa shape index (κ3) is 4.04. The van der Waals surface area contributed by atoms with E-state index in [9.17, 15) is 19.7 Å². The second kappa shape index (κ2) is 7.70. The number of carbonyl (C=O) groups is 2. The number of rotatable bonds is 5. The Labute approximate surface area is 159 Å². The van der Waals surface area contributed by atoms with Crippen LogP contribution in [0.1, 0.15) is 18.1 Å². The number of hydrogen-bond acceptors (Lipinski definition) is 8. The Kier molecular flexibility index (Phi) is 5.16. The van der Waals surface area contributed by atoms with Gasteiger partial charge in [0, 0.05) is 24.6 Å². The highest BCUT2D eigenvalue weighted by Crippen LogP contribution is 2.30. The van der Waals surface area contributed by atoms with Crippen LogP contribution >= 0.6 is 0 Å². The van der Waals surface area contributed by atoms with Crippen molar-refractivity contribution in [3.05, 3.63) is 69.4 Å². The van der Waals surface area contributed by atoms with Gasteiger partial charge < -0.3 is 14.2 Å². The monoisotopic (exact) mass is 382 g/mol. The van der Waals surface area contributed by atoms with Crippen molar-refractivity contribution in [3.63, 3.8) is 0 Å². The molecule has 0 bridgehead atoms. The first-order valence-corrected chi connectivity index (χ1v) is 8.01. The third-order valence-electron chi connectivity index (χ3n) is 3.69. The molecule has 0 saturated carbocycles. The van der Waals surface area contributed by atoms with Gasteiger partial charge in [-0.15, -0.1) is 0 Å². The minimum absolute atomic E-state index is 0.0506. The van der Waals surface area contributed by atoms with E-state index < -0.39 is 16.9 Å². The number of methoxy groups -OCH3 is 1. The molecule has 0 saturated heterocycles. The molecule has 1 heterocycles. The zero-order valence-corrected chi connectivity index (χ0v) is 14.9. The van der Waals surface area contributed by atoms with E-state index >= 15 is 0 Å². The molecule has 0 amide bonds. The molecular formula is C19H14N2O7. The summed E-state index contributed by atoms with van der Waals surface area (Å²) < 4.78 is 15.4. The minimum Gasteiger partial charge on any atom is -0.493 e. The summed E-state index contributed by atoms with van der Waals surface area (Å²) in [5.41, 5.74) is 0.985. The summed E-state index contributed by atoms with van der Waals surface area (Å²) in [7, 11) is 1.42. The van der Waals surface area contributed by atoms with Gasteiger partial charge in [0.25, 0.3) is 5.69 Å². The van der Waals surface area contributed by atoms with E-state index in [0.717, 1.165) is 0 Å². The van der Waals surface area contributed by atoms with Crippen LogP contribution in [0.15, 0.2) is 53.2 Å². The molecule has 142 valence electrons. The van der Waals surface area contributed by atoms with Crippen molar-refractivity contribution in [2.45, 2.75) is 6.92 Å². The number of esters is 2. The predicted molar refractivity (Wildman–Crippen MR) is 98.0 cm³/mol. The number of cyclic esters (lactones) is 1. The highest BCUT2D eigenvalue weighted by Gasteiger charge is 2.24. The summed E-state index contributed by atoms with van der Waals surface area (Å²) in [5, 5.41) is 10.7. The summed E-state index contributed by atoms with van der Waals surface area (Å²) >= 11 is 0. The summed E-state index contributed by atoms with van der Waals surface area (Å²) in [6.45, 7) is 1.28. The van der Waals surface area contributed by atoms with E-state index in [2.05, 4.69) is 4.99 Å². The van der Waals surface area contributed by atoms with Gasteiger partial charge in [-0.2, -0.15) is 0 Å². The molecule has 28 heavy (non-hydrogen) atoms. The Morgan fingerprint density at radius 2 is 1.89 bits per heavy atom. The maximum Gasteiger partial charge on any atom is 0.363 e. The molecule has 9 nitrogen and oxygen atoms in total. The van der Waals surface area contributed by atoms with E-state index in [4.69, 9.17) is 14.2 Å². The third-order valence-corrected chi connectivity index (χ3v) is 3.69. The molecule has 0 aromatic heterocycles. The summed E-state index contributed by atoms with van der Waals surface area (Å²) in [6.07, 6.45) is 1.49. The molecule has 0 fully saturated rings. The number of aliphatic imine (C=N–C) groups is 1. The Hall–Kier alpha value is -4.01. The van der Waals surface area contributed by atoms with Crippen LogP contribution in [0.2, 0.25) is 0 Å². The van der Waals surface area contributed by atoms with Gasteiger partial charge in [0.1, 0.15) is 0 Å². The van der Waals surface area contributed by atoms with Gasteiger partial charge in [0.15, 0.2) is 17.2 Å². The van der Waals surface area contributed by atoms with Crippen LogP contribution in [0.5, 0.6) is 11.5 Å². The number of nitrogens with zero attached hydrogens (tertiary/aromatic N) is 2. The smallest absolute Gasteiger partial charge is 0.363 e. The molecule has 1 aliphatic rings. The van der Waals surface area contributed by atoms with Gasteiger partial charge in [-0.3, -0.25) is 14.9 Å². The van der Waals surface area contributed by atoms with Gasteiger partial charge in [0.2, 0.25) is 5.90 Å². The SMILES string of the molecule is COc1cc(C=C2N=C(c3ccc([N+](=O)[O-])cc3)OC2=O)ccc1OC(C)=O. The van der Waals surface area contributed by atoms with E-state index in [1.807, 2.05) is 0 Å². The Morgan fingerprint density at radius 1 is 1.18 bits per heavy atom. The first-order chi connectivity index (χ1) is 13.4. The van der Waals surface area contributed by atoms with Crippen molar-refractivity contribution in [1.29, 1.82) is 0 Å². The van der Waals surface area contributed by atoms with E-state index in [1.54, 1.807) is 12.1 Å². The van der Waals surface area contributed by atoms with Gasteiger partial charge in [0.05, 0.1) is 12.0 Å². The fourth-order valence-electron chi connectivity index (χ4n) is 2.43. The lowest BCUT2D eigenvalue weighted by Gasteiger charge is -2.08. The molecule has 9 heteroatoms. The second-order valence-electron chi connectivity index (χ2n) is 5.64. The molecule has 0 atom stereocenters. The average molecular weight is 382 g/mol. The Morgan fingerprint density at radius 3 is 2.50 bits per heavy atom. The maximum absolute atomic E-state index is 12.1. The topological polar surface area (TPSA) is 117 Å². The molecule has 2 aromatic rings. The van der Waals surface area contributed by atoms with E-state index in [1.165, 1.54) is 50.4 Å². The zero-order valence-electron chi connectivity index (χ0n) is 14.9. The number of non-ortho nitro benzene ring substituents is 1. The molecule has 0 radical (unpaired) electrons. The van der Waals surface area contributed by atoms with Crippen molar-refractivity contribution in [1.82, 2.24) is 0 Å². The van der Waals surface area contributed by atoms with Crippen LogP contribution < -0.4 is 9.47 Å². The largest absolute Gasteiger partial charge is 0.493 e. The maximum atomic E-state index is 12.1. The van der Waals surface area contributed by atoms with Gasteiger partial charge in [-0.25, -0.2) is 9.79 Å². The zero-order chi connectivity index (χ0) is 20.3. The van der Waals surface area contributed by atoms with E-state index in [0.29, 0.717) is 16.9 Å². The quantitative estimate of drug-likeness (QED) is 0.256. The van der Waals surface area contributed by atoms with Crippen LogP contribution in [0.25, 0.3) is 6.08 Å². The molecule has 0 aliphatic carbocycles. The Bertz CT molecular complexity index is 1020. The second-order valence-corrected chi connectivity index (χ2v) is 5.64. The predicted octanol–water partition coefficient (Wildman–Crippen LogP) is 2.87. The molecule has 0 unspecified atom stereocenters. The lowest BCUT2D eigenvalue weighted by molar-refractivity contribution is -0.384. The highest BCUT2D eigenvalue weighted by molar-refractivity contribution is 6.12. The average Bonchev–Trinajstić information content (AvgIpc) is 3.03. The van der Waals surface area contributed by atoms with Crippen molar-refractivity contribution in [2.75, 3.05) is 7.11 Å². The lowest BCUT2D eigenvalue weighted by Crippen LogP contribution is -2.05. The number of nitro benzene ring substituents is 1. The van der Waals surface area contributed by atoms with Crippen LogP contribution in [-0.2, 0) is 14.3 Å². The Balaban J connectivity index is 1.88. The van der Waals surface area contributed by atoms with Gasteiger partial charge in [-0.1, -0.05) is 6.07 Å². The fourth-order valence-corrected chi connectivity index (χ4v) is 2.43. The highest BCUT2D eigenvalue weighted by atomic mass is 16.6. The number of ether oxygens (including phenoxy) is 3. The first kappa shape index (κ1) is 18.8. The van der Waals surface area contributed by atoms with Crippen molar-refractivity contribution < 1.29 is 28.7 Å². The number of nitro groups is 1. The van der Waals surface area contributed by atoms with Crippen LogP contribution in [-0.4, -0.2) is 29.9 Å². The molecule has 2 aromatic carbocycles. The van der Waals surface area contributed by atoms with Crippen LogP contribution in [0, 0.1) is 10.1 Å². The lowest BCUT2D eigenvalue weighted by atomic mass is 10.1. The molecular weight excluding hydrogens is 368 g/mol. The van der Waals surface area contributed by atoms with Gasteiger partial charge >= 0.3 is 11.9 Å². The van der Waals surface area contributed by atoms with Crippen LogP contribution in [0.3, 0.4) is 0 Å². The molecule has 1 aliphatic heterocycles. The summed E-state index contributed by atoms with van der Waals surface area (Å²) in [4.78, 5) is 37.5. The summed E-state index contributed by atoms with van der Waals surface area (Å²) in [5.74, 6) is -0.524. The first-order valence-electron chi connectivity index (χ1n) is 8.01. The van der Waals surface area contributed by atoms with Crippen LogP contribution in [0.4, 0.5) is 5.69 Å². The standard InChI is InChI=1S/C19H14N2O7/c1-11(22)27-16-8-3-12(10-17(16)26-2)9-15-19(23)28-18(20-15)13-4-6-14(7-5-13)21(24)25/h3-10H,1-2H3. The van der Waals surface area contributed by atoms with Gasteiger partial charge in [-0.05, 0) is 35.9 Å². The number of benzene rings is 2. The van der Waals surface area contributed by atoms with Crippen molar-refractivity contribution in [2.24, 2.45) is 4.99 Å². The van der Waals surface area contributed by atoms with Crippen molar-refractivity contribution >= 4 is 29.6 Å². The molecule has 3 rings (SSSR count). The minimum atomic E-state index is -0.656. The van der Waals surface area contributed by atoms with E-state index in [-0.39, 0.29) is 23.0 Å². The number of carbonyl (C=O) groups excluding carboxylic acids is 2. The summed E-state index contributed by atoms with van der Waals surface area (Å²) in [6, 6.07) is 10.2. The number of hydrogen-bond donors (Lipinski definition) is 0. The molecule has 0 N–H and O–H groups in total. The fraction of sp³-hybridized carbons (Fsp3) is 0.105. The molecule has 0 spiro atoms.